The minimum Gasteiger partial charge on any atom is -0.280 e. The summed E-state index contributed by atoms with van der Waals surface area (Å²) in [7, 11) is -3.73. The van der Waals surface area contributed by atoms with Crippen LogP contribution in [-0.2, 0) is 14.8 Å². The lowest BCUT2D eigenvalue weighted by molar-refractivity contribution is -0.115. The summed E-state index contributed by atoms with van der Waals surface area (Å²) in [5.74, 6) is -0.484. The molecule has 8 nitrogen and oxygen atoms in total. The van der Waals surface area contributed by atoms with Crippen molar-refractivity contribution in [1.29, 1.82) is 0 Å². The summed E-state index contributed by atoms with van der Waals surface area (Å²) in [6.07, 6.45) is 0. The molecule has 1 aliphatic rings. The summed E-state index contributed by atoms with van der Waals surface area (Å²) in [6, 6.07) is 19.1. The maximum atomic E-state index is 12.6. The summed E-state index contributed by atoms with van der Waals surface area (Å²) < 4.78 is 27.3. The Morgan fingerprint density at radius 3 is 2.47 bits per heavy atom. The van der Waals surface area contributed by atoms with E-state index in [9.17, 15) is 18.0 Å². The van der Waals surface area contributed by atoms with Gasteiger partial charge in [0.15, 0.2) is 5.17 Å². The minimum absolute atomic E-state index is 0.135. The van der Waals surface area contributed by atoms with Crippen molar-refractivity contribution in [1.82, 2.24) is 5.43 Å². The minimum atomic E-state index is -3.73. The van der Waals surface area contributed by atoms with E-state index in [0.29, 0.717) is 21.6 Å². The van der Waals surface area contributed by atoms with Crippen LogP contribution < -0.4 is 15.0 Å². The maximum Gasteiger partial charge on any atom is 0.271 e. The van der Waals surface area contributed by atoms with Crippen LogP contribution in [0.25, 0.3) is 0 Å². The van der Waals surface area contributed by atoms with E-state index < -0.39 is 15.9 Å². The zero-order valence-electron chi connectivity index (χ0n) is 17.9. The lowest BCUT2D eigenvalue weighted by Gasteiger charge is -2.18. The Morgan fingerprint density at radius 1 is 1.06 bits per heavy atom. The Morgan fingerprint density at radius 2 is 1.76 bits per heavy atom. The third-order valence-electron chi connectivity index (χ3n) is 4.88. The van der Waals surface area contributed by atoms with Gasteiger partial charge in [-0.2, -0.15) is 0 Å². The van der Waals surface area contributed by atoms with Gasteiger partial charge >= 0.3 is 0 Å². The first-order valence-corrected chi connectivity index (χ1v) is 12.9. The smallest absolute Gasteiger partial charge is 0.271 e. The number of anilines is 2. The third kappa shape index (κ3) is 5.24. The average molecular weight is 515 g/mol. The molecule has 0 aliphatic carbocycles. The number of rotatable bonds is 6. The Kier molecular flexibility index (Phi) is 6.92. The molecular weight excluding hydrogens is 496 g/mol. The van der Waals surface area contributed by atoms with Crippen LogP contribution >= 0.6 is 23.4 Å². The van der Waals surface area contributed by atoms with Gasteiger partial charge in [0.05, 0.1) is 16.3 Å². The molecule has 1 aliphatic heterocycles. The molecule has 1 heterocycles. The number of hydrogen-bond acceptors (Lipinski definition) is 6. The second-order valence-electron chi connectivity index (χ2n) is 7.28. The number of nitrogens with zero attached hydrogens (tertiary/aromatic N) is 2. The molecule has 174 valence electrons. The molecule has 2 amide bonds. The summed E-state index contributed by atoms with van der Waals surface area (Å²) >= 11 is 7.29. The van der Waals surface area contributed by atoms with Gasteiger partial charge in [-0.1, -0.05) is 47.6 Å². The quantitative estimate of drug-likeness (QED) is 0.478. The van der Waals surface area contributed by atoms with Gasteiger partial charge in [0.1, 0.15) is 0 Å². The number of nitrogens with one attached hydrogen (secondary N) is 2. The highest BCUT2D eigenvalue weighted by molar-refractivity contribution is 8.15. The van der Waals surface area contributed by atoms with Crippen molar-refractivity contribution in [3.05, 3.63) is 88.9 Å². The zero-order valence-corrected chi connectivity index (χ0v) is 20.2. The van der Waals surface area contributed by atoms with E-state index >= 15 is 0 Å². The molecule has 0 bridgehead atoms. The molecule has 0 radical (unpaired) electrons. The highest BCUT2D eigenvalue weighted by atomic mass is 35.5. The maximum absolute atomic E-state index is 12.6. The molecule has 0 unspecified atom stereocenters. The van der Waals surface area contributed by atoms with Crippen LogP contribution in [0.15, 0.2) is 82.8 Å². The Labute approximate surface area is 206 Å². The van der Waals surface area contributed by atoms with Crippen LogP contribution in [0.3, 0.4) is 0 Å². The van der Waals surface area contributed by atoms with Crippen molar-refractivity contribution in [2.45, 2.75) is 11.8 Å². The van der Waals surface area contributed by atoms with E-state index in [1.165, 1.54) is 53.1 Å². The molecule has 3 aromatic rings. The fraction of sp³-hybridized carbons (Fsp3) is 0.0870. The fourth-order valence-electron chi connectivity index (χ4n) is 3.17. The summed E-state index contributed by atoms with van der Waals surface area (Å²) in [4.78, 5) is 26.6. The van der Waals surface area contributed by atoms with Gasteiger partial charge in [-0.05, 0) is 61.0 Å². The summed E-state index contributed by atoms with van der Waals surface area (Å²) in [5.41, 5.74) is 4.48. The van der Waals surface area contributed by atoms with E-state index in [-0.39, 0.29) is 22.1 Å². The second-order valence-corrected chi connectivity index (χ2v) is 10.3. The van der Waals surface area contributed by atoms with E-state index in [4.69, 9.17) is 11.6 Å². The first kappa shape index (κ1) is 23.8. The number of benzene rings is 3. The lowest BCUT2D eigenvalue weighted by Crippen LogP contribution is -2.32. The van der Waals surface area contributed by atoms with Crippen molar-refractivity contribution >= 4 is 61.7 Å². The molecule has 0 aromatic heterocycles. The van der Waals surface area contributed by atoms with Crippen LogP contribution in [0, 0.1) is 6.92 Å². The van der Waals surface area contributed by atoms with E-state index in [1.807, 2.05) is 6.92 Å². The van der Waals surface area contributed by atoms with E-state index in [0.717, 1.165) is 5.56 Å². The Hall–Kier alpha value is -3.34. The largest absolute Gasteiger partial charge is 0.280 e. The Balaban J connectivity index is 1.46. The summed E-state index contributed by atoms with van der Waals surface area (Å²) in [6.45, 7) is 1.85. The predicted octanol–water partition coefficient (Wildman–Crippen LogP) is 4.23. The topological polar surface area (TPSA) is 108 Å². The van der Waals surface area contributed by atoms with E-state index in [1.54, 1.807) is 36.4 Å². The highest BCUT2D eigenvalue weighted by Gasteiger charge is 2.31. The van der Waals surface area contributed by atoms with E-state index in [2.05, 4.69) is 15.2 Å². The number of hydrogen-bond donors (Lipinski definition) is 2. The number of halogens is 1. The number of carbonyl (C=O) groups excluding carboxylic acids is 2. The van der Waals surface area contributed by atoms with Gasteiger partial charge < -0.3 is 0 Å². The van der Waals surface area contributed by atoms with Crippen molar-refractivity contribution in [2.24, 2.45) is 5.10 Å². The predicted molar refractivity (Wildman–Crippen MR) is 135 cm³/mol. The normalized spacial score (nSPS) is 14.9. The van der Waals surface area contributed by atoms with Crippen molar-refractivity contribution in [2.75, 3.05) is 15.4 Å². The lowest BCUT2D eigenvalue weighted by atomic mass is 10.2. The van der Waals surface area contributed by atoms with Gasteiger partial charge in [-0.3, -0.25) is 19.2 Å². The molecule has 1 saturated heterocycles. The highest BCUT2D eigenvalue weighted by Crippen LogP contribution is 2.31. The molecule has 0 saturated carbocycles. The number of sulfonamides is 1. The van der Waals surface area contributed by atoms with Crippen molar-refractivity contribution in [3.8, 4) is 0 Å². The molecule has 0 spiro atoms. The number of amidine groups is 1. The first-order chi connectivity index (χ1) is 16.2. The molecule has 0 atom stereocenters. The number of aryl methyl sites for hydroxylation is 1. The second kappa shape index (κ2) is 9.88. The van der Waals surface area contributed by atoms with Crippen LogP contribution in [0.1, 0.15) is 15.9 Å². The third-order valence-corrected chi connectivity index (χ3v) is 7.44. The molecular formula is C23H19ClN4O4S2. The molecule has 11 heteroatoms. The van der Waals surface area contributed by atoms with Gasteiger partial charge in [-0.15, -0.1) is 5.10 Å². The Bertz CT molecular complexity index is 1380. The number of hydrazone groups is 1. The standard InChI is InChI=1S/C23H19ClN4O4S2/c1-15-7-10-17(24)13-20(15)28-21(29)14-33-23(28)26-25-22(30)16-8-11-18(12-9-16)27-34(31,32)19-5-3-2-4-6-19/h2-13,27H,14H2,1H3,(H,25,30). The van der Waals surface area contributed by atoms with Crippen LogP contribution in [-0.4, -0.2) is 31.2 Å². The monoisotopic (exact) mass is 514 g/mol. The zero-order chi connectivity index (χ0) is 24.3. The van der Waals surface area contributed by atoms with Crippen LogP contribution in [0.4, 0.5) is 11.4 Å². The van der Waals surface area contributed by atoms with Gasteiger partial charge in [0, 0.05) is 16.3 Å². The SMILES string of the molecule is Cc1ccc(Cl)cc1N1C(=O)CSC1=NNC(=O)c1ccc(NS(=O)(=O)c2ccccc2)cc1. The average Bonchev–Trinajstić information content (AvgIpc) is 3.20. The van der Waals surface area contributed by atoms with Crippen molar-refractivity contribution < 1.29 is 18.0 Å². The molecule has 34 heavy (non-hydrogen) atoms. The molecule has 3 aromatic carbocycles. The molecule has 2 N–H and O–H groups in total. The first-order valence-electron chi connectivity index (χ1n) is 10.0. The van der Waals surface area contributed by atoms with Gasteiger partial charge in [-0.25, -0.2) is 13.8 Å². The van der Waals surface area contributed by atoms with Gasteiger partial charge in [0.25, 0.3) is 15.9 Å². The fourth-order valence-corrected chi connectivity index (χ4v) is 5.24. The van der Waals surface area contributed by atoms with Crippen LogP contribution in [0.5, 0.6) is 0 Å². The summed E-state index contributed by atoms with van der Waals surface area (Å²) in [5, 5.41) is 4.94. The number of amides is 2. The molecule has 1 fully saturated rings. The van der Waals surface area contributed by atoms with Crippen molar-refractivity contribution in [3.63, 3.8) is 0 Å². The van der Waals surface area contributed by atoms with Crippen LogP contribution in [0.2, 0.25) is 5.02 Å². The number of thioether (sulfide) groups is 1. The van der Waals surface area contributed by atoms with Gasteiger partial charge in [0.2, 0.25) is 5.91 Å². The molecule has 4 rings (SSSR count). The number of carbonyl (C=O) groups is 2.